The highest BCUT2D eigenvalue weighted by Crippen LogP contribution is 2.06. The van der Waals surface area contributed by atoms with Gasteiger partial charge in [0.25, 0.3) is 0 Å². The second-order valence-corrected chi connectivity index (χ2v) is 3.43. The van der Waals surface area contributed by atoms with Crippen LogP contribution in [0.4, 0.5) is 0 Å². The molecule has 0 aromatic rings. The van der Waals surface area contributed by atoms with Gasteiger partial charge in [-0.15, -0.1) is 0 Å². The van der Waals surface area contributed by atoms with Crippen LogP contribution in [0.25, 0.3) is 0 Å². The molecule has 0 radical (unpaired) electrons. The molecule has 1 rings (SSSR count). The molecule has 0 aromatic heterocycles. The molecular weight excluding hydrogens is 194 g/mol. The maximum absolute atomic E-state index is 11.6. The summed E-state index contributed by atoms with van der Waals surface area (Å²) in [5, 5.41) is 2.92. The second kappa shape index (κ2) is 6.23. The van der Waals surface area contributed by atoms with Gasteiger partial charge in [0.05, 0.1) is 0 Å². The standard InChI is InChI=1S/C9H19N5O/c1-2-11-9(13-10)12-7-8(15)14-5-3-4-6-14/h2-7,10H2,1H3,(H2,11,12,13). The first-order valence-electron chi connectivity index (χ1n) is 5.30. The highest BCUT2D eigenvalue weighted by Gasteiger charge is 2.16. The Labute approximate surface area is 89.9 Å². The summed E-state index contributed by atoms with van der Waals surface area (Å²) in [6.07, 6.45) is 2.20. The number of hydrogen-bond donors (Lipinski definition) is 3. The molecule has 0 spiro atoms. The van der Waals surface area contributed by atoms with E-state index in [0.29, 0.717) is 5.96 Å². The Kier molecular flexibility index (Phi) is 4.89. The Balaban J connectivity index is 2.35. The van der Waals surface area contributed by atoms with Gasteiger partial charge in [0.2, 0.25) is 11.9 Å². The molecule has 0 aromatic carbocycles. The highest BCUT2D eigenvalue weighted by molar-refractivity contribution is 5.84. The predicted octanol–water partition coefficient (Wildman–Crippen LogP) is -0.962. The normalized spacial score (nSPS) is 16.7. The van der Waals surface area contributed by atoms with Gasteiger partial charge >= 0.3 is 0 Å². The van der Waals surface area contributed by atoms with Gasteiger partial charge in [0, 0.05) is 19.6 Å². The van der Waals surface area contributed by atoms with Crippen molar-refractivity contribution in [2.75, 3.05) is 26.2 Å². The SMILES string of the molecule is CCNC(=NCC(=O)N1CCCC1)NN. The molecule has 86 valence electrons. The zero-order chi connectivity index (χ0) is 11.1. The van der Waals surface area contributed by atoms with Gasteiger partial charge in [-0.2, -0.15) is 0 Å². The second-order valence-electron chi connectivity index (χ2n) is 3.43. The van der Waals surface area contributed by atoms with E-state index in [1.54, 1.807) is 0 Å². The van der Waals surface area contributed by atoms with Crippen molar-refractivity contribution in [2.45, 2.75) is 19.8 Å². The molecule has 1 saturated heterocycles. The Morgan fingerprint density at radius 3 is 2.67 bits per heavy atom. The number of nitrogens with one attached hydrogen (secondary N) is 2. The van der Waals surface area contributed by atoms with Crippen LogP contribution in [0.15, 0.2) is 4.99 Å². The van der Waals surface area contributed by atoms with E-state index in [0.717, 1.165) is 32.5 Å². The average Bonchev–Trinajstić information content (AvgIpc) is 2.77. The lowest BCUT2D eigenvalue weighted by molar-refractivity contribution is -0.128. The monoisotopic (exact) mass is 213 g/mol. The van der Waals surface area contributed by atoms with E-state index in [9.17, 15) is 4.79 Å². The van der Waals surface area contributed by atoms with Crippen molar-refractivity contribution in [1.29, 1.82) is 0 Å². The van der Waals surface area contributed by atoms with Crippen LogP contribution in [-0.4, -0.2) is 42.9 Å². The number of likely N-dealkylation sites (tertiary alicyclic amines) is 1. The number of aliphatic imine (C=N–C) groups is 1. The molecule has 0 bridgehead atoms. The highest BCUT2D eigenvalue weighted by atomic mass is 16.2. The summed E-state index contributed by atoms with van der Waals surface area (Å²) in [4.78, 5) is 17.5. The number of hydrazine groups is 1. The fourth-order valence-corrected chi connectivity index (χ4v) is 1.53. The van der Waals surface area contributed by atoms with Crippen molar-refractivity contribution in [3.8, 4) is 0 Å². The topological polar surface area (TPSA) is 82.8 Å². The smallest absolute Gasteiger partial charge is 0.244 e. The largest absolute Gasteiger partial charge is 0.356 e. The van der Waals surface area contributed by atoms with E-state index in [2.05, 4.69) is 15.7 Å². The first-order chi connectivity index (χ1) is 7.27. The summed E-state index contributed by atoms with van der Waals surface area (Å²) in [6, 6.07) is 0. The van der Waals surface area contributed by atoms with E-state index in [-0.39, 0.29) is 12.5 Å². The number of rotatable bonds is 3. The molecule has 6 heteroatoms. The fourth-order valence-electron chi connectivity index (χ4n) is 1.53. The number of hydrogen-bond acceptors (Lipinski definition) is 3. The Hall–Kier alpha value is -1.30. The number of carbonyl (C=O) groups excluding carboxylic acids is 1. The summed E-state index contributed by atoms with van der Waals surface area (Å²) in [7, 11) is 0. The van der Waals surface area contributed by atoms with Crippen LogP contribution in [0.5, 0.6) is 0 Å². The van der Waals surface area contributed by atoms with E-state index < -0.39 is 0 Å². The van der Waals surface area contributed by atoms with Crippen LogP contribution in [-0.2, 0) is 4.79 Å². The maximum atomic E-state index is 11.6. The summed E-state index contributed by atoms with van der Waals surface area (Å²) >= 11 is 0. The fraction of sp³-hybridized carbons (Fsp3) is 0.778. The van der Waals surface area contributed by atoms with Crippen molar-refractivity contribution in [3.05, 3.63) is 0 Å². The Morgan fingerprint density at radius 2 is 2.13 bits per heavy atom. The summed E-state index contributed by atoms with van der Waals surface area (Å²) in [5.41, 5.74) is 2.42. The number of nitrogens with zero attached hydrogens (tertiary/aromatic N) is 2. The van der Waals surface area contributed by atoms with E-state index in [1.165, 1.54) is 0 Å². The molecule has 1 amide bonds. The molecule has 4 N–H and O–H groups in total. The summed E-state index contributed by atoms with van der Waals surface area (Å²) in [6.45, 7) is 4.55. The number of carbonyl (C=O) groups is 1. The minimum Gasteiger partial charge on any atom is -0.356 e. The number of guanidine groups is 1. The minimum absolute atomic E-state index is 0.0677. The predicted molar refractivity (Wildman–Crippen MR) is 59.1 cm³/mol. The van der Waals surface area contributed by atoms with Crippen LogP contribution in [0.3, 0.4) is 0 Å². The minimum atomic E-state index is 0.0677. The third kappa shape index (κ3) is 3.75. The lowest BCUT2D eigenvalue weighted by Crippen LogP contribution is -2.42. The van der Waals surface area contributed by atoms with Crippen molar-refractivity contribution >= 4 is 11.9 Å². The Bertz CT molecular complexity index is 235. The van der Waals surface area contributed by atoms with Crippen molar-refractivity contribution in [3.63, 3.8) is 0 Å². The number of amides is 1. The van der Waals surface area contributed by atoms with Gasteiger partial charge in [-0.25, -0.2) is 10.8 Å². The lowest BCUT2D eigenvalue weighted by Gasteiger charge is -2.14. The van der Waals surface area contributed by atoms with Gasteiger partial charge in [0.1, 0.15) is 6.54 Å². The lowest BCUT2D eigenvalue weighted by atomic mass is 10.4. The summed E-state index contributed by atoms with van der Waals surface area (Å²) in [5.74, 6) is 5.76. The van der Waals surface area contributed by atoms with Crippen LogP contribution in [0.2, 0.25) is 0 Å². The van der Waals surface area contributed by atoms with Gasteiger partial charge in [-0.1, -0.05) is 0 Å². The van der Waals surface area contributed by atoms with Gasteiger partial charge in [-0.3, -0.25) is 10.2 Å². The van der Waals surface area contributed by atoms with Gasteiger partial charge < -0.3 is 10.2 Å². The molecule has 1 aliphatic heterocycles. The Morgan fingerprint density at radius 1 is 1.47 bits per heavy atom. The molecule has 1 heterocycles. The third-order valence-electron chi connectivity index (χ3n) is 2.31. The zero-order valence-corrected chi connectivity index (χ0v) is 9.12. The van der Waals surface area contributed by atoms with Crippen LogP contribution in [0.1, 0.15) is 19.8 Å². The van der Waals surface area contributed by atoms with Gasteiger partial charge in [0.15, 0.2) is 0 Å². The third-order valence-corrected chi connectivity index (χ3v) is 2.31. The molecule has 1 aliphatic rings. The first kappa shape index (κ1) is 11.8. The van der Waals surface area contributed by atoms with Crippen molar-refractivity contribution in [1.82, 2.24) is 15.6 Å². The molecule has 15 heavy (non-hydrogen) atoms. The van der Waals surface area contributed by atoms with Crippen molar-refractivity contribution in [2.24, 2.45) is 10.8 Å². The molecule has 0 atom stereocenters. The molecule has 6 nitrogen and oxygen atoms in total. The van der Waals surface area contributed by atoms with E-state index in [4.69, 9.17) is 5.84 Å². The maximum Gasteiger partial charge on any atom is 0.244 e. The van der Waals surface area contributed by atoms with E-state index >= 15 is 0 Å². The van der Waals surface area contributed by atoms with Crippen molar-refractivity contribution < 1.29 is 4.79 Å². The summed E-state index contributed by atoms with van der Waals surface area (Å²) < 4.78 is 0. The molecular formula is C9H19N5O. The van der Waals surface area contributed by atoms with E-state index in [1.807, 2.05) is 11.8 Å². The number of nitrogens with two attached hydrogens (primary N) is 1. The molecule has 0 unspecified atom stereocenters. The van der Waals surface area contributed by atoms with Crippen LogP contribution in [0, 0.1) is 0 Å². The zero-order valence-electron chi connectivity index (χ0n) is 9.12. The molecule has 0 saturated carbocycles. The van der Waals surface area contributed by atoms with Crippen LogP contribution >= 0.6 is 0 Å². The first-order valence-corrected chi connectivity index (χ1v) is 5.30. The molecule has 1 fully saturated rings. The molecule has 0 aliphatic carbocycles. The average molecular weight is 213 g/mol. The van der Waals surface area contributed by atoms with Crippen LogP contribution < -0.4 is 16.6 Å². The quantitative estimate of drug-likeness (QED) is 0.244. The van der Waals surface area contributed by atoms with Gasteiger partial charge in [-0.05, 0) is 19.8 Å².